The van der Waals surface area contributed by atoms with E-state index in [1.807, 2.05) is 0 Å². The van der Waals surface area contributed by atoms with Crippen LogP contribution in [-0.4, -0.2) is 52.2 Å². The molecule has 30 valence electrons. The minimum absolute atomic E-state index is 0. The Morgan fingerprint density at radius 3 is 1.00 bits per heavy atom. The van der Waals surface area contributed by atoms with Crippen LogP contribution in [0.3, 0.4) is 0 Å². The van der Waals surface area contributed by atoms with E-state index in [9.17, 15) is 0 Å². The Kier molecular flexibility index (Phi) is 232. The van der Waals surface area contributed by atoms with Gasteiger partial charge in [0.2, 0.25) is 0 Å². The van der Waals surface area contributed by atoms with Gasteiger partial charge in [-0.2, -0.15) is 0 Å². The predicted molar refractivity (Wildman–Crippen MR) is 29.8 cm³/mol. The summed E-state index contributed by atoms with van der Waals surface area (Å²) >= 11 is 0. The van der Waals surface area contributed by atoms with Crippen molar-refractivity contribution in [3.8, 4) is 0 Å². The monoisotopic (exact) mass is 372 g/mol. The maximum atomic E-state index is 0. The fourth-order valence-corrected chi connectivity index (χ4v) is 0. The molecule has 0 N–H and O–H groups in total. The summed E-state index contributed by atoms with van der Waals surface area (Å²) in [6.45, 7) is 0. The van der Waals surface area contributed by atoms with Gasteiger partial charge in [0.15, 0.2) is 17.4 Å². The summed E-state index contributed by atoms with van der Waals surface area (Å²) in [5.74, 6) is 0. The normalized spacial score (nSPS) is 0. The van der Waals surface area contributed by atoms with Crippen LogP contribution in [0.5, 0.6) is 0 Å². The van der Waals surface area contributed by atoms with Gasteiger partial charge in [-0.05, 0) is 11.0 Å². The van der Waals surface area contributed by atoms with E-state index in [0.717, 1.165) is 0 Å². The van der Waals surface area contributed by atoms with Crippen LogP contribution in [0, 0.1) is 0 Å². The smallest absolute Gasteiger partial charge is 0 e. The van der Waals surface area contributed by atoms with Crippen LogP contribution >= 0.6 is 0 Å². The molecule has 0 aromatic rings. The zero-order valence-corrected chi connectivity index (χ0v) is 10.1. The summed E-state index contributed by atoms with van der Waals surface area (Å²) in [5, 5.41) is 0. The second kappa shape index (κ2) is 27.4. The van der Waals surface area contributed by atoms with Gasteiger partial charge in [0.05, 0.1) is 0 Å². The van der Waals surface area contributed by atoms with E-state index in [4.69, 9.17) is 0 Å². The molecule has 5 heteroatoms. The van der Waals surface area contributed by atoms with Crippen LogP contribution in [0.4, 0.5) is 0 Å². The van der Waals surface area contributed by atoms with Gasteiger partial charge in [-0.1, -0.05) is 0 Å². The molecule has 0 aromatic carbocycles. The standard InChI is InChI=1S/Al.Mo.H4Si.Sn.Zr.5H/h;;1H4;;;;;;;. The Morgan fingerprint density at radius 1 is 1.00 bits per heavy atom. The number of rotatable bonds is 0. The van der Waals surface area contributed by atoms with Crippen LogP contribution in [-0.2, 0) is 47.3 Å². The fourth-order valence-electron chi connectivity index (χ4n) is 0. The van der Waals surface area contributed by atoms with E-state index >= 15 is 0 Å². The van der Waals surface area contributed by atoms with Crippen LogP contribution in [0.2, 0.25) is 0 Å². The van der Waals surface area contributed by atoms with Crippen molar-refractivity contribution >= 4 is 52.2 Å². The average molecular weight is 370 g/mol. The Morgan fingerprint density at radius 2 is 1.00 bits per heavy atom. The zero-order valence-electron chi connectivity index (χ0n) is 1.62. The van der Waals surface area contributed by atoms with Crippen molar-refractivity contribution in [1.82, 2.24) is 0 Å². The molecule has 0 fully saturated rings. The maximum Gasteiger partial charge on any atom is 0 e. The first-order valence-electron chi connectivity index (χ1n) is 0. The molecule has 0 nitrogen and oxygen atoms in total. The van der Waals surface area contributed by atoms with Crippen molar-refractivity contribution in [1.29, 1.82) is 0 Å². The third-order valence-corrected chi connectivity index (χ3v) is 0. The third-order valence-electron chi connectivity index (χ3n) is 0. The zero-order chi connectivity index (χ0) is 0. The quantitative estimate of drug-likeness (QED) is 0.388. The second-order valence-electron chi connectivity index (χ2n) is 0. The van der Waals surface area contributed by atoms with Crippen molar-refractivity contribution in [3.05, 3.63) is 0 Å². The molecule has 0 heterocycles. The van der Waals surface area contributed by atoms with E-state index < -0.39 is 0 Å². The van der Waals surface area contributed by atoms with Crippen LogP contribution in [0.1, 0.15) is 0 Å². The first-order chi connectivity index (χ1) is 0. The summed E-state index contributed by atoms with van der Waals surface area (Å²) in [6.07, 6.45) is 0. The molecule has 0 aliphatic heterocycles. The minimum atomic E-state index is 0. The van der Waals surface area contributed by atoms with E-state index in [1.165, 1.54) is 0 Å². The van der Waals surface area contributed by atoms with E-state index in [1.54, 1.807) is 0 Å². The molecule has 0 bridgehead atoms. The Bertz CT molecular complexity index is 11.6. The van der Waals surface area contributed by atoms with Crippen LogP contribution in [0.15, 0.2) is 0 Å². The molecule has 0 spiro atoms. The molecular weight excluding hydrogens is 361 g/mol. The molecule has 0 unspecified atom stereocenters. The second-order valence-corrected chi connectivity index (χ2v) is 0. The molecular formula is H9AlMoSiSnZr. The van der Waals surface area contributed by atoms with E-state index in [0.29, 0.717) is 0 Å². The number of hydrogen-bond acceptors (Lipinski definition) is 0. The summed E-state index contributed by atoms with van der Waals surface area (Å²) < 4.78 is 0. The Balaban J connectivity index is 0. The third kappa shape index (κ3) is 19.2. The SMILES string of the molecule is [AlH3].[Mo].[SiH4].[SnH2].[Zr]. The summed E-state index contributed by atoms with van der Waals surface area (Å²) in [7, 11) is 0. The van der Waals surface area contributed by atoms with Gasteiger partial charge in [0.1, 0.15) is 0 Å². The first kappa shape index (κ1) is 42.3. The van der Waals surface area contributed by atoms with Gasteiger partial charge in [-0.3, -0.25) is 0 Å². The molecule has 0 saturated carbocycles. The molecule has 0 saturated heterocycles. The summed E-state index contributed by atoms with van der Waals surface area (Å²) in [4.78, 5) is 0. The molecule has 0 aliphatic rings. The largest absolute Gasteiger partial charge is 0 e. The molecule has 0 aliphatic carbocycles. The van der Waals surface area contributed by atoms with Gasteiger partial charge in [0, 0.05) is 47.3 Å². The Labute approximate surface area is 97.7 Å². The van der Waals surface area contributed by atoms with Crippen molar-refractivity contribution in [2.45, 2.75) is 0 Å². The molecule has 0 rings (SSSR count). The van der Waals surface area contributed by atoms with E-state index in [-0.39, 0.29) is 99.5 Å². The average Bonchev–Trinajstić information content (AvgIpc) is 0. The van der Waals surface area contributed by atoms with Gasteiger partial charge in [-0.15, -0.1) is 0 Å². The molecule has 0 amide bonds. The van der Waals surface area contributed by atoms with Gasteiger partial charge < -0.3 is 0 Å². The van der Waals surface area contributed by atoms with Gasteiger partial charge in [-0.25, -0.2) is 0 Å². The maximum absolute atomic E-state index is 0. The fraction of sp³-hybridized carbons (Fsp3) is 0. The van der Waals surface area contributed by atoms with Gasteiger partial charge in [0.25, 0.3) is 0 Å². The van der Waals surface area contributed by atoms with E-state index in [2.05, 4.69) is 0 Å². The first-order valence-corrected chi connectivity index (χ1v) is 0. The molecule has 0 aromatic heterocycles. The van der Waals surface area contributed by atoms with Crippen LogP contribution < -0.4 is 0 Å². The number of hydrogen-bond donors (Lipinski definition) is 0. The topological polar surface area (TPSA) is 0 Å². The molecule has 5 heavy (non-hydrogen) atoms. The predicted octanol–water partition coefficient (Wildman–Crippen LogP) is -3.56. The van der Waals surface area contributed by atoms with Crippen molar-refractivity contribution < 1.29 is 47.3 Å². The molecule has 2 radical (unpaired) electrons. The summed E-state index contributed by atoms with van der Waals surface area (Å²) in [5.41, 5.74) is 0. The summed E-state index contributed by atoms with van der Waals surface area (Å²) in [6, 6.07) is 0. The van der Waals surface area contributed by atoms with Crippen molar-refractivity contribution in [2.24, 2.45) is 0 Å². The van der Waals surface area contributed by atoms with Crippen molar-refractivity contribution in [3.63, 3.8) is 0 Å². The van der Waals surface area contributed by atoms with Crippen molar-refractivity contribution in [2.75, 3.05) is 0 Å². The minimum Gasteiger partial charge on any atom is 0 e. The molecule has 0 atom stereocenters. The Hall–Kier alpha value is 3.12. The van der Waals surface area contributed by atoms with Gasteiger partial charge >= 0.3 is 23.9 Å². The van der Waals surface area contributed by atoms with Crippen LogP contribution in [0.25, 0.3) is 0 Å².